The topological polar surface area (TPSA) is 104 Å². The number of hydrogen-bond acceptors (Lipinski definition) is 6. The lowest BCUT2D eigenvalue weighted by molar-refractivity contribution is -0.117. The highest BCUT2D eigenvalue weighted by molar-refractivity contribution is 5.93. The molecular weight excluding hydrogens is 376 g/mol. The minimum atomic E-state index is -0.666. The van der Waals surface area contributed by atoms with Gasteiger partial charge < -0.3 is 14.0 Å². The Balaban J connectivity index is 2.51. The molecule has 3 heterocycles. The van der Waals surface area contributed by atoms with Crippen LogP contribution in [-0.4, -0.2) is 46.2 Å². The van der Waals surface area contributed by atoms with Crippen molar-refractivity contribution in [2.45, 2.75) is 26.8 Å². The molecule has 0 fully saturated rings. The van der Waals surface area contributed by atoms with Crippen LogP contribution in [0.25, 0.3) is 16.7 Å². The van der Waals surface area contributed by atoms with Crippen LogP contribution in [0.3, 0.4) is 0 Å². The summed E-state index contributed by atoms with van der Waals surface area (Å²) in [5, 5.41) is 0.218. The summed E-state index contributed by atoms with van der Waals surface area (Å²) < 4.78 is 13.3. The number of nitrogens with zero attached hydrogens (tertiary/aromatic N) is 4. The number of carbonyl (C=O) groups excluding carboxylic acids is 2. The highest BCUT2D eigenvalue weighted by Crippen LogP contribution is 2.11. The molecule has 3 aromatic rings. The van der Waals surface area contributed by atoms with Gasteiger partial charge in [0.2, 0.25) is 5.91 Å². The van der Waals surface area contributed by atoms with E-state index in [0.717, 1.165) is 0 Å². The highest BCUT2D eigenvalue weighted by Gasteiger charge is 2.19. The molecule has 3 rings (SSSR count). The first-order valence-electron chi connectivity index (χ1n) is 9.30. The van der Waals surface area contributed by atoms with Crippen LogP contribution in [0.15, 0.2) is 40.2 Å². The van der Waals surface area contributed by atoms with E-state index in [1.54, 1.807) is 42.8 Å². The van der Waals surface area contributed by atoms with Crippen LogP contribution in [0.2, 0.25) is 0 Å². The first-order chi connectivity index (χ1) is 14.0. The van der Waals surface area contributed by atoms with Crippen molar-refractivity contribution in [2.75, 3.05) is 20.3 Å². The van der Waals surface area contributed by atoms with E-state index in [9.17, 15) is 14.4 Å². The maximum absolute atomic E-state index is 13.1. The van der Waals surface area contributed by atoms with Gasteiger partial charge in [0.05, 0.1) is 18.6 Å². The number of fused-ring (bicyclic) bond motifs is 2. The van der Waals surface area contributed by atoms with Gasteiger partial charge in [-0.05, 0) is 25.1 Å². The van der Waals surface area contributed by atoms with E-state index in [2.05, 4.69) is 9.98 Å². The number of ether oxygens (including phenoxy) is 2. The predicted octanol–water partition coefficient (Wildman–Crippen LogP) is 1.31. The number of hydrogen-bond donors (Lipinski definition) is 0. The molecule has 0 aliphatic carbocycles. The van der Waals surface area contributed by atoms with Crippen LogP contribution in [0.1, 0.15) is 30.6 Å². The van der Waals surface area contributed by atoms with Gasteiger partial charge in [0.15, 0.2) is 5.49 Å². The summed E-state index contributed by atoms with van der Waals surface area (Å²) in [5.74, 6) is -1.07. The fourth-order valence-electron chi connectivity index (χ4n) is 2.95. The normalized spacial score (nSPS) is 11.9. The number of amides is 1. The minimum Gasteiger partial charge on any atom is -0.462 e. The van der Waals surface area contributed by atoms with E-state index in [0.29, 0.717) is 11.3 Å². The third-order valence-corrected chi connectivity index (χ3v) is 4.34. The number of carbonyl (C=O) groups is 2. The lowest BCUT2D eigenvalue weighted by atomic mass is 10.2. The quantitative estimate of drug-likeness (QED) is 0.458. The second-order valence-electron chi connectivity index (χ2n) is 6.19. The first kappa shape index (κ1) is 20.4. The third-order valence-electron chi connectivity index (χ3n) is 4.34. The lowest BCUT2D eigenvalue weighted by Crippen LogP contribution is -2.33. The molecule has 0 atom stereocenters. The zero-order chi connectivity index (χ0) is 21.0. The zero-order valence-corrected chi connectivity index (χ0v) is 16.5. The van der Waals surface area contributed by atoms with E-state index < -0.39 is 11.9 Å². The van der Waals surface area contributed by atoms with Crippen molar-refractivity contribution in [3.05, 3.63) is 51.9 Å². The van der Waals surface area contributed by atoms with E-state index in [1.807, 2.05) is 0 Å². The van der Waals surface area contributed by atoms with Crippen LogP contribution in [-0.2, 0) is 20.8 Å². The number of pyridine rings is 2. The molecule has 0 spiro atoms. The number of esters is 1. The summed E-state index contributed by atoms with van der Waals surface area (Å²) in [6.07, 6.45) is 1.77. The van der Waals surface area contributed by atoms with E-state index in [4.69, 9.17) is 9.47 Å². The highest BCUT2D eigenvalue weighted by atomic mass is 16.5. The Morgan fingerprint density at radius 3 is 2.72 bits per heavy atom. The molecule has 0 N–H and O–H groups in total. The smallest absolute Gasteiger partial charge is 0.341 e. The SMILES string of the molecule is CCOC(=O)c1cc2c(=O)n3ccccc3nc2n(CCOC)c1=NC(=O)CC. The molecule has 0 saturated carbocycles. The Morgan fingerprint density at radius 1 is 1.24 bits per heavy atom. The van der Waals surface area contributed by atoms with Crippen LogP contribution < -0.4 is 11.0 Å². The van der Waals surface area contributed by atoms with Crippen LogP contribution in [0.4, 0.5) is 0 Å². The largest absolute Gasteiger partial charge is 0.462 e. The Kier molecular flexibility index (Phi) is 6.18. The van der Waals surface area contributed by atoms with Crippen molar-refractivity contribution in [1.29, 1.82) is 0 Å². The number of aromatic nitrogens is 3. The lowest BCUT2D eigenvalue weighted by Gasteiger charge is -2.14. The fraction of sp³-hybridized carbons (Fsp3) is 0.350. The molecule has 3 aromatic heterocycles. The summed E-state index contributed by atoms with van der Waals surface area (Å²) in [6.45, 7) is 4.01. The Morgan fingerprint density at radius 2 is 2.03 bits per heavy atom. The summed E-state index contributed by atoms with van der Waals surface area (Å²) in [6, 6.07) is 6.59. The van der Waals surface area contributed by atoms with Crippen LogP contribution in [0, 0.1) is 0 Å². The average molecular weight is 398 g/mol. The molecule has 0 bridgehead atoms. The van der Waals surface area contributed by atoms with Gasteiger partial charge in [-0.3, -0.25) is 14.0 Å². The molecular formula is C20H22N4O5. The monoisotopic (exact) mass is 398 g/mol. The molecule has 152 valence electrons. The van der Waals surface area contributed by atoms with Gasteiger partial charge >= 0.3 is 5.97 Å². The summed E-state index contributed by atoms with van der Waals surface area (Å²) >= 11 is 0. The van der Waals surface area contributed by atoms with Gasteiger partial charge in [0, 0.05) is 26.3 Å². The number of rotatable bonds is 6. The minimum absolute atomic E-state index is 0.0343. The van der Waals surface area contributed by atoms with E-state index >= 15 is 0 Å². The van der Waals surface area contributed by atoms with Crippen molar-refractivity contribution in [1.82, 2.24) is 14.0 Å². The van der Waals surface area contributed by atoms with Gasteiger partial charge in [-0.1, -0.05) is 13.0 Å². The Labute approximate surface area is 166 Å². The van der Waals surface area contributed by atoms with Crippen molar-refractivity contribution in [3.63, 3.8) is 0 Å². The summed E-state index contributed by atoms with van der Waals surface area (Å²) in [4.78, 5) is 46.5. The van der Waals surface area contributed by atoms with Gasteiger partial charge in [0.25, 0.3) is 5.56 Å². The average Bonchev–Trinajstić information content (AvgIpc) is 2.73. The fourth-order valence-corrected chi connectivity index (χ4v) is 2.95. The van der Waals surface area contributed by atoms with Gasteiger partial charge in [-0.15, -0.1) is 0 Å². The second-order valence-corrected chi connectivity index (χ2v) is 6.19. The van der Waals surface area contributed by atoms with Gasteiger partial charge in [-0.25, -0.2) is 9.78 Å². The van der Waals surface area contributed by atoms with Crippen molar-refractivity contribution >= 4 is 28.6 Å². The molecule has 0 aromatic carbocycles. The van der Waals surface area contributed by atoms with E-state index in [-0.39, 0.29) is 48.2 Å². The Bertz CT molecular complexity index is 1210. The predicted molar refractivity (Wildman–Crippen MR) is 106 cm³/mol. The second kappa shape index (κ2) is 8.78. The van der Waals surface area contributed by atoms with Gasteiger partial charge in [-0.2, -0.15) is 4.99 Å². The number of methoxy groups -OCH3 is 1. The maximum atomic E-state index is 13.1. The third kappa shape index (κ3) is 3.95. The molecule has 0 radical (unpaired) electrons. The van der Waals surface area contributed by atoms with E-state index in [1.165, 1.54) is 17.6 Å². The molecule has 1 amide bonds. The van der Waals surface area contributed by atoms with Gasteiger partial charge in [0.1, 0.15) is 16.9 Å². The molecule has 0 aliphatic heterocycles. The summed E-state index contributed by atoms with van der Waals surface area (Å²) in [5.41, 5.74) is 0.552. The van der Waals surface area contributed by atoms with Crippen molar-refractivity contribution < 1.29 is 19.1 Å². The standard InChI is InChI=1S/C20H22N4O5/c1-4-16(25)22-18-14(20(27)29-5-2)12-13-17(24(18)10-11-28-3)21-15-8-6-7-9-23(15)19(13)26/h6-9,12H,4-5,10-11H2,1-3H3. The first-order valence-corrected chi connectivity index (χ1v) is 9.30. The zero-order valence-electron chi connectivity index (χ0n) is 16.5. The molecule has 0 unspecified atom stereocenters. The molecule has 0 saturated heterocycles. The maximum Gasteiger partial charge on any atom is 0.341 e. The van der Waals surface area contributed by atoms with Crippen LogP contribution in [0.5, 0.6) is 0 Å². The van der Waals surface area contributed by atoms with Crippen molar-refractivity contribution in [2.24, 2.45) is 4.99 Å². The Hall–Kier alpha value is -3.33. The summed E-state index contributed by atoms with van der Waals surface area (Å²) in [7, 11) is 1.53. The molecule has 29 heavy (non-hydrogen) atoms. The molecule has 0 aliphatic rings. The molecule has 9 heteroatoms. The van der Waals surface area contributed by atoms with Crippen LogP contribution >= 0.6 is 0 Å². The molecule has 9 nitrogen and oxygen atoms in total. The van der Waals surface area contributed by atoms with Crippen molar-refractivity contribution in [3.8, 4) is 0 Å².